The van der Waals surface area contributed by atoms with E-state index < -0.39 is 17.9 Å². The summed E-state index contributed by atoms with van der Waals surface area (Å²) in [4.78, 5) is 38.7. The molecule has 4 rings (SSSR count). The summed E-state index contributed by atoms with van der Waals surface area (Å²) in [5, 5.41) is 3.04. The van der Waals surface area contributed by atoms with Crippen LogP contribution in [0.2, 0.25) is 5.02 Å². The largest absolute Gasteiger partial charge is 0.444 e. The van der Waals surface area contributed by atoms with Crippen molar-refractivity contribution in [3.8, 4) is 0 Å². The number of hydrogen-bond acceptors (Lipinski definition) is 4. The molecule has 150 valence electrons. The molecule has 0 spiro atoms. The Hall–Kier alpha value is -3.64. The van der Waals surface area contributed by atoms with Crippen LogP contribution in [0.25, 0.3) is 0 Å². The lowest BCUT2D eigenvalue weighted by molar-refractivity contribution is 0.0925. The molecular weight excluding hydrogens is 404 g/mol. The number of carbonyl (C=O) groups excluding carboxylic acids is 3. The van der Waals surface area contributed by atoms with Gasteiger partial charge in [-0.3, -0.25) is 14.9 Å². The van der Waals surface area contributed by atoms with E-state index in [-0.39, 0.29) is 12.2 Å². The number of hydrogen-bond donors (Lipinski definition) is 1. The third-order valence-corrected chi connectivity index (χ3v) is 4.98. The van der Waals surface area contributed by atoms with Crippen LogP contribution in [0.1, 0.15) is 31.8 Å². The molecule has 1 aliphatic heterocycles. The Bertz CT molecular complexity index is 1160. The summed E-state index contributed by atoms with van der Waals surface area (Å²) in [6.07, 6.45) is -0.596. The summed E-state index contributed by atoms with van der Waals surface area (Å²) < 4.78 is 5.21. The van der Waals surface area contributed by atoms with E-state index in [1.54, 1.807) is 37.3 Å². The fourth-order valence-corrected chi connectivity index (χ4v) is 3.47. The molecule has 1 N–H and O–H groups in total. The second-order valence-electron chi connectivity index (χ2n) is 6.82. The number of anilines is 2. The first kappa shape index (κ1) is 19.7. The average Bonchev–Trinajstić information content (AvgIpc) is 2.97. The molecule has 0 saturated heterocycles. The van der Waals surface area contributed by atoms with E-state index in [1.165, 1.54) is 6.07 Å². The second kappa shape index (κ2) is 8.00. The Morgan fingerprint density at radius 1 is 0.967 bits per heavy atom. The van der Waals surface area contributed by atoms with Crippen molar-refractivity contribution in [2.24, 2.45) is 0 Å². The second-order valence-corrected chi connectivity index (χ2v) is 7.26. The quantitative estimate of drug-likeness (QED) is 0.589. The molecular formula is C23H17ClN2O4. The molecule has 0 aromatic heterocycles. The predicted octanol–water partition coefficient (Wildman–Crippen LogP) is 5.20. The first-order valence-corrected chi connectivity index (χ1v) is 9.58. The van der Waals surface area contributed by atoms with Crippen LogP contribution < -0.4 is 10.2 Å². The number of nitrogens with zero attached hydrogens (tertiary/aromatic N) is 1. The topological polar surface area (TPSA) is 75.7 Å². The number of ether oxygens (including phenoxy) is 1. The van der Waals surface area contributed by atoms with E-state index in [0.717, 1.165) is 10.5 Å². The molecule has 0 saturated carbocycles. The van der Waals surface area contributed by atoms with Gasteiger partial charge in [-0.2, -0.15) is 0 Å². The number of fused-ring (bicyclic) bond motifs is 1. The van der Waals surface area contributed by atoms with Gasteiger partial charge in [0.15, 0.2) is 0 Å². The summed E-state index contributed by atoms with van der Waals surface area (Å²) in [6, 6.07) is 18.9. The zero-order valence-electron chi connectivity index (χ0n) is 16.0. The van der Waals surface area contributed by atoms with Crippen molar-refractivity contribution in [3.05, 3.63) is 94.0 Å². The Morgan fingerprint density at radius 2 is 1.70 bits per heavy atom. The van der Waals surface area contributed by atoms with Crippen molar-refractivity contribution in [1.29, 1.82) is 0 Å². The number of nitrogens with one attached hydrogen (secondary N) is 1. The van der Waals surface area contributed by atoms with Crippen LogP contribution in [0.15, 0.2) is 66.7 Å². The van der Waals surface area contributed by atoms with E-state index in [4.69, 9.17) is 16.3 Å². The molecule has 0 atom stereocenters. The van der Waals surface area contributed by atoms with Gasteiger partial charge in [0.2, 0.25) is 0 Å². The van der Waals surface area contributed by atoms with Gasteiger partial charge in [-0.25, -0.2) is 9.69 Å². The highest BCUT2D eigenvalue weighted by molar-refractivity contribution is 6.36. The first-order chi connectivity index (χ1) is 14.4. The van der Waals surface area contributed by atoms with E-state index in [9.17, 15) is 14.4 Å². The van der Waals surface area contributed by atoms with Gasteiger partial charge in [0.05, 0.1) is 16.8 Å². The Morgan fingerprint density at radius 3 is 2.43 bits per heavy atom. The summed E-state index contributed by atoms with van der Waals surface area (Å²) in [7, 11) is 0. The van der Waals surface area contributed by atoms with Crippen molar-refractivity contribution < 1.29 is 19.1 Å². The van der Waals surface area contributed by atoms with Crippen LogP contribution in [0.5, 0.6) is 0 Å². The summed E-state index contributed by atoms with van der Waals surface area (Å²) in [5.74, 6) is -0.832. The Kier molecular flexibility index (Phi) is 5.25. The van der Waals surface area contributed by atoms with E-state index in [2.05, 4.69) is 5.32 Å². The van der Waals surface area contributed by atoms with Gasteiger partial charge < -0.3 is 4.74 Å². The summed E-state index contributed by atoms with van der Waals surface area (Å²) >= 11 is 5.96. The summed E-state index contributed by atoms with van der Waals surface area (Å²) in [5.41, 5.74) is 3.06. The number of amides is 3. The highest BCUT2D eigenvalue weighted by Crippen LogP contribution is 2.33. The normalized spacial score (nSPS) is 12.7. The van der Waals surface area contributed by atoms with Crippen LogP contribution in [0.4, 0.5) is 16.2 Å². The van der Waals surface area contributed by atoms with Gasteiger partial charge in [0.25, 0.3) is 11.8 Å². The SMILES string of the molecule is Cc1cc(NC(=O)OCc2ccccc2)ccc1N1C(=O)c2ccc(Cl)cc2C1=O. The highest BCUT2D eigenvalue weighted by atomic mass is 35.5. The third kappa shape index (κ3) is 3.77. The van der Waals surface area contributed by atoms with E-state index >= 15 is 0 Å². The highest BCUT2D eigenvalue weighted by Gasteiger charge is 2.37. The molecule has 0 fully saturated rings. The molecule has 1 heterocycles. The fraction of sp³-hybridized carbons (Fsp3) is 0.0870. The summed E-state index contributed by atoms with van der Waals surface area (Å²) in [6.45, 7) is 1.91. The van der Waals surface area contributed by atoms with E-state index in [0.29, 0.717) is 27.5 Å². The molecule has 7 heteroatoms. The number of rotatable bonds is 4. The molecule has 30 heavy (non-hydrogen) atoms. The maximum Gasteiger partial charge on any atom is 0.411 e. The zero-order chi connectivity index (χ0) is 21.3. The van der Waals surface area contributed by atoms with Gasteiger partial charge >= 0.3 is 6.09 Å². The maximum absolute atomic E-state index is 12.8. The minimum Gasteiger partial charge on any atom is -0.444 e. The molecule has 0 radical (unpaired) electrons. The molecule has 0 unspecified atom stereocenters. The van der Waals surface area contributed by atoms with Crippen molar-refractivity contribution >= 4 is 40.9 Å². The fourth-order valence-electron chi connectivity index (χ4n) is 3.29. The lowest BCUT2D eigenvalue weighted by Gasteiger charge is -2.17. The lowest BCUT2D eigenvalue weighted by Crippen LogP contribution is -2.30. The Labute approximate surface area is 178 Å². The van der Waals surface area contributed by atoms with Gasteiger partial charge in [-0.1, -0.05) is 41.9 Å². The van der Waals surface area contributed by atoms with Crippen LogP contribution in [-0.2, 0) is 11.3 Å². The Balaban J connectivity index is 1.48. The molecule has 6 nitrogen and oxygen atoms in total. The van der Waals surface area contributed by atoms with Crippen LogP contribution in [-0.4, -0.2) is 17.9 Å². The number of carbonyl (C=O) groups is 3. The smallest absolute Gasteiger partial charge is 0.411 e. The molecule has 0 bridgehead atoms. The maximum atomic E-state index is 12.8. The number of imide groups is 1. The van der Waals surface area contributed by atoms with Gasteiger partial charge in [0, 0.05) is 10.7 Å². The van der Waals surface area contributed by atoms with Crippen molar-refractivity contribution in [1.82, 2.24) is 0 Å². The van der Waals surface area contributed by atoms with Crippen LogP contribution in [0.3, 0.4) is 0 Å². The molecule has 1 aliphatic rings. The van der Waals surface area contributed by atoms with Gasteiger partial charge in [0.1, 0.15) is 6.61 Å². The molecule has 3 amide bonds. The first-order valence-electron chi connectivity index (χ1n) is 9.21. The molecule has 3 aromatic rings. The van der Waals surface area contributed by atoms with Gasteiger partial charge in [-0.15, -0.1) is 0 Å². The predicted molar refractivity (Wildman–Crippen MR) is 114 cm³/mol. The minimum atomic E-state index is -0.596. The van der Waals surface area contributed by atoms with Gasteiger partial charge in [-0.05, 0) is 54.4 Å². The van der Waals surface area contributed by atoms with Crippen molar-refractivity contribution in [2.75, 3.05) is 10.2 Å². The number of aryl methyl sites for hydroxylation is 1. The monoisotopic (exact) mass is 420 g/mol. The number of benzene rings is 3. The molecule has 3 aromatic carbocycles. The van der Waals surface area contributed by atoms with Crippen molar-refractivity contribution in [2.45, 2.75) is 13.5 Å². The lowest BCUT2D eigenvalue weighted by atomic mass is 10.1. The van der Waals surface area contributed by atoms with E-state index in [1.807, 2.05) is 30.3 Å². The van der Waals surface area contributed by atoms with Crippen molar-refractivity contribution in [3.63, 3.8) is 0 Å². The molecule has 0 aliphatic carbocycles. The average molecular weight is 421 g/mol. The zero-order valence-corrected chi connectivity index (χ0v) is 16.8. The minimum absolute atomic E-state index is 0.154. The number of halogens is 1. The van der Waals surface area contributed by atoms with Crippen LogP contribution >= 0.6 is 11.6 Å². The van der Waals surface area contributed by atoms with Crippen LogP contribution in [0, 0.1) is 6.92 Å². The standard InChI is InChI=1S/C23H17ClN2O4/c1-14-11-17(25-23(29)30-13-15-5-3-2-4-6-15)8-10-20(14)26-21(27)18-9-7-16(24)12-19(18)22(26)28/h2-12H,13H2,1H3,(H,25,29). The third-order valence-electron chi connectivity index (χ3n) is 4.75.